The quantitative estimate of drug-likeness (QED) is 0.408. The fourth-order valence-corrected chi connectivity index (χ4v) is 8.11. The van der Waals surface area contributed by atoms with Gasteiger partial charge < -0.3 is 14.8 Å². The van der Waals surface area contributed by atoms with Gasteiger partial charge in [0.2, 0.25) is 5.91 Å². The number of pyridine rings is 2. The number of piperidine rings is 1. The molecule has 0 aromatic carbocycles. The highest BCUT2D eigenvalue weighted by atomic mass is 16.2. The molecule has 3 aliphatic heterocycles. The molecule has 1 N–H and O–H groups in total. The maximum absolute atomic E-state index is 13.3. The van der Waals surface area contributed by atoms with Gasteiger partial charge in [0.05, 0.1) is 28.8 Å². The number of nitrogens with zero attached hydrogens (tertiary/aromatic N) is 7. The second-order valence-corrected chi connectivity index (χ2v) is 13.0. The third kappa shape index (κ3) is 3.42. The van der Waals surface area contributed by atoms with Crippen LogP contribution in [-0.4, -0.2) is 84.6 Å². The fourth-order valence-electron chi connectivity index (χ4n) is 8.11. The molecule has 9 heteroatoms. The lowest BCUT2D eigenvalue weighted by Crippen LogP contribution is -2.60. The summed E-state index contributed by atoms with van der Waals surface area (Å²) in [4.78, 5) is 33.9. The molecule has 1 amide bonds. The maximum atomic E-state index is 13.3. The molecule has 4 aliphatic rings. The normalized spacial score (nSPS) is 26.0. The minimum absolute atomic E-state index is 0.0627. The standard InChI is InChI=1S/C31H38N8O/c1-18(2)27-28(23-14-38-30(32-17-33-38)20(4)19(23)3)34-24-7-8-25(35-29(24)27)39-22-11-21-12-31(21,39)16-37(13-22)26(40)15-36-9-5-6-10-36/h7-8,14,17-18,21-22,34H,5-6,9-13,15-16H2,1-4H3/t21?,22-,31?/m1/s1. The van der Waals surface area contributed by atoms with Crippen LogP contribution in [0.15, 0.2) is 24.7 Å². The summed E-state index contributed by atoms with van der Waals surface area (Å²) in [5.74, 6) is 2.35. The molecule has 2 bridgehead atoms. The number of carbonyl (C=O) groups is 1. The average Bonchev–Trinajstić information content (AvgIpc) is 3.44. The number of fused-ring (bicyclic) bond motifs is 3. The average molecular weight is 539 g/mol. The van der Waals surface area contributed by atoms with Gasteiger partial charge in [-0.05, 0) is 87.7 Å². The number of carbonyl (C=O) groups excluding carboxylic acids is 1. The first-order valence-corrected chi connectivity index (χ1v) is 15.0. The van der Waals surface area contributed by atoms with E-state index in [0.717, 1.165) is 65.5 Å². The summed E-state index contributed by atoms with van der Waals surface area (Å²) in [6.07, 6.45) is 8.48. The molecule has 4 fully saturated rings. The van der Waals surface area contributed by atoms with E-state index in [1.54, 1.807) is 6.33 Å². The number of piperazine rings is 1. The highest BCUT2D eigenvalue weighted by Gasteiger charge is 2.68. The summed E-state index contributed by atoms with van der Waals surface area (Å²) in [6.45, 7) is 13.2. The summed E-state index contributed by atoms with van der Waals surface area (Å²) in [5, 5.41) is 4.43. The van der Waals surface area contributed by atoms with Crippen molar-refractivity contribution in [1.82, 2.24) is 34.4 Å². The number of amides is 1. The first kappa shape index (κ1) is 24.3. The Hall–Kier alpha value is -3.46. The smallest absolute Gasteiger partial charge is 0.236 e. The minimum Gasteiger partial charge on any atom is -0.353 e. The monoisotopic (exact) mass is 538 g/mol. The molecule has 1 saturated carbocycles. The van der Waals surface area contributed by atoms with Crippen LogP contribution in [0.2, 0.25) is 0 Å². The van der Waals surface area contributed by atoms with Crippen molar-refractivity contribution in [2.75, 3.05) is 37.6 Å². The van der Waals surface area contributed by atoms with Crippen molar-refractivity contribution in [2.24, 2.45) is 5.92 Å². The lowest BCUT2D eigenvalue weighted by atomic mass is 9.95. The summed E-state index contributed by atoms with van der Waals surface area (Å²) in [6, 6.07) is 4.75. The Labute approximate surface area is 234 Å². The predicted molar refractivity (Wildman–Crippen MR) is 156 cm³/mol. The van der Waals surface area contributed by atoms with Crippen LogP contribution in [0.25, 0.3) is 27.9 Å². The summed E-state index contributed by atoms with van der Waals surface area (Å²) in [5.41, 5.74) is 8.94. The van der Waals surface area contributed by atoms with Crippen LogP contribution in [0.5, 0.6) is 0 Å². The van der Waals surface area contributed by atoms with E-state index in [1.165, 1.54) is 36.8 Å². The van der Waals surface area contributed by atoms with Gasteiger partial charge in [0.25, 0.3) is 0 Å². The third-order valence-electron chi connectivity index (χ3n) is 10.3. The van der Waals surface area contributed by atoms with Crippen LogP contribution in [0, 0.1) is 19.8 Å². The van der Waals surface area contributed by atoms with Gasteiger partial charge in [0.1, 0.15) is 12.1 Å². The number of aromatic amines is 1. The zero-order valence-electron chi connectivity index (χ0n) is 23.9. The topological polar surface area (TPSA) is 85.7 Å². The minimum atomic E-state index is 0.0627. The number of aromatic nitrogens is 5. The molecule has 1 spiro atoms. The van der Waals surface area contributed by atoms with E-state index in [9.17, 15) is 4.79 Å². The lowest BCUT2D eigenvalue weighted by Gasteiger charge is -2.45. The summed E-state index contributed by atoms with van der Waals surface area (Å²) >= 11 is 0. The van der Waals surface area contributed by atoms with Crippen LogP contribution in [0.3, 0.4) is 0 Å². The Morgan fingerprint density at radius 1 is 1.18 bits per heavy atom. The van der Waals surface area contributed by atoms with Gasteiger partial charge in [-0.2, -0.15) is 5.10 Å². The highest BCUT2D eigenvalue weighted by Crippen LogP contribution is 2.61. The first-order valence-electron chi connectivity index (χ1n) is 15.0. The van der Waals surface area contributed by atoms with Gasteiger partial charge >= 0.3 is 0 Å². The fraction of sp³-hybridized carbons (Fsp3) is 0.548. The molecular formula is C31H38N8O. The molecule has 40 heavy (non-hydrogen) atoms. The van der Waals surface area contributed by atoms with Crippen LogP contribution in [0.1, 0.15) is 62.1 Å². The van der Waals surface area contributed by atoms with E-state index in [0.29, 0.717) is 30.3 Å². The maximum Gasteiger partial charge on any atom is 0.236 e. The summed E-state index contributed by atoms with van der Waals surface area (Å²) < 4.78 is 1.88. The van der Waals surface area contributed by atoms with Crippen LogP contribution in [0.4, 0.5) is 5.82 Å². The Morgan fingerprint density at radius 3 is 2.77 bits per heavy atom. The van der Waals surface area contributed by atoms with Crippen molar-refractivity contribution in [3.8, 4) is 11.3 Å². The molecule has 0 radical (unpaired) electrons. The number of hydrogen-bond acceptors (Lipinski definition) is 6. The molecule has 1 aliphatic carbocycles. The largest absolute Gasteiger partial charge is 0.353 e. The van der Waals surface area contributed by atoms with Gasteiger partial charge in [-0.3, -0.25) is 9.69 Å². The molecule has 9 nitrogen and oxygen atoms in total. The van der Waals surface area contributed by atoms with Gasteiger partial charge in [0, 0.05) is 36.5 Å². The Bertz CT molecular complexity index is 1660. The predicted octanol–water partition coefficient (Wildman–Crippen LogP) is 4.29. The van der Waals surface area contributed by atoms with Gasteiger partial charge in [-0.25, -0.2) is 14.5 Å². The number of anilines is 1. The van der Waals surface area contributed by atoms with E-state index in [4.69, 9.17) is 4.98 Å². The Balaban J connectivity index is 1.16. The van der Waals surface area contributed by atoms with Crippen molar-refractivity contribution in [3.05, 3.63) is 41.3 Å². The zero-order valence-corrected chi connectivity index (χ0v) is 23.9. The van der Waals surface area contributed by atoms with Crippen molar-refractivity contribution < 1.29 is 4.79 Å². The van der Waals surface area contributed by atoms with Gasteiger partial charge in [-0.15, -0.1) is 0 Å². The molecule has 4 aromatic heterocycles. The van der Waals surface area contributed by atoms with Crippen LogP contribution < -0.4 is 4.90 Å². The van der Waals surface area contributed by atoms with E-state index >= 15 is 0 Å². The lowest BCUT2D eigenvalue weighted by molar-refractivity contribution is -0.133. The molecular weight excluding hydrogens is 500 g/mol. The van der Waals surface area contributed by atoms with Crippen molar-refractivity contribution in [3.63, 3.8) is 0 Å². The van der Waals surface area contributed by atoms with E-state index in [1.807, 2.05) is 4.52 Å². The van der Waals surface area contributed by atoms with Crippen molar-refractivity contribution in [1.29, 1.82) is 0 Å². The molecule has 3 saturated heterocycles. The molecule has 7 heterocycles. The molecule has 3 atom stereocenters. The van der Waals surface area contributed by atoms with Gasteiger partial charge in [0.15, 0.2) is 5.65 Å². The van der Waals surface area contributed by atoms with Crippen molar-refractivity contribution >= 4 is 28.4 Å². The number of rotatable bonds is 5. The molecule has 8 rings (SSSR count). The number of nitrogens with one attached hydrogen (secondary N) is 1. The van der Waals surface area contributed by atoms with E-state index in [2.05, 4.69) is 75.8 Å². The Kier molecular flexibility index (Phi) is 5.19. The number of H-pyrrole nitrogens is 1. The first-order chi connectivity index (χ1) is 19.3. The number of hydrogen-bond donors (Lipinski definition) is 1. The zero-order chi connectivity index (χ0) is 27.3. The van der Waals surface area contributed by atoms with Crippen molar-refractivity contribution in [2.45, 2.75) is 70.9 Å². The number of likely N-dealkylation sites (tertiary alicyclic amines) is 2. The van der Waals surface area contributed by atoms with Crippen LogP contribution >= 0.6 is 0 Å². The summed E-state index contributed by atoms with van der Waals surface area (Å²) in [7, 11) is 0. The molecule has 4 aromatic rings. The van der Waals surface area contributed by atoms with E-state index < -0.39 is 0 Å². The molecule has 2 unspecified atom stereocenters. The molecule has 208 valence electrons. The number of aryl methyl sites for hydroxylation is 1. The highest BCUT2D eigenvalue weighted by molar-refractivity contribution is 5.91. The SMILES string of the molecule is Cc1c(-c2[nH]c3ccc(N4[C@@H]5CC6CC64CN(C(=O)CN4CCCC4)C5)nc3c2C(C)C)cn2ncnc2c1C. The second kappa shape index (κ2) is 8.52. The third-order valence-corrected chi connectivity index (χ3v) is 10.3. The Morgan fingerprint density at radius 2 is 2.00 bits per heavy atom. The van der Waals surface area contributed by atoms with E-state index in [-0.39, 0.29) is 5.54 Å². The van der Waals surface area contributed by atoms with Gasteiger partial charge in [-0.1, -0.05) is 13.8 Å². The second-order valence-electron chi connectivity index (χ2n) is 13.0. The van der Waals surface area contributed by atoms with Crippen LogP contribution in [-0.2, 0) is 4.79 Å².